The van der Waals surface area contributed by atoms with Crippen molar-refractivity contribution in [3.63, 3.8) is 0 Å². The van der Waals surface area contributed by atoms with E-state index in [1.54, 1.807) is 0 Å². The van der Waals surface area contributed by atoms with E-state index in [-0.39, 0.29) is 12.1 Å². The quantitative estimate of drug-likeness (QED) is 0.584. The van der Waals surface area contributed by atoms with Crippen LogP contribution in [0.15, 0.2) is 18.2 Å². The molecule has 0 amide bonds. The van der Waals surface area contributed by atoms with Crippen LogP contribution >= 0.6 is 0 Å². The van der Waals surface area contributed by atoms with Crippen LogP contribution in [0.1, 0.15) is 38.3 Å². The number of hydrogen-bond acceptors (Lipinski definition) is 3. The maximum Gasteiger partial charge on any atom is 0.159 e. The van der Waals surface area contributed by atoms with Gasteiger partial charge in [-0.3, -0.25) is 11.3 Å². The van der Waals surface area contributed by atoms with Gasteiger partial charge < -0.3 is 4.74 Å². The highest BCUT2D eigenvalue weighted by atomic mass is 19.2. The minimum atomic E-state index is -0.875. The van der Waals surface area contributed by atoms with Gasteiger partial charge in [0.05, 0.1) is 12.1 Å². The predicted octanol–water partition coefficient (Wildman–Crippen LogP) is 2.67. The van der Waals surface area contributed by atoms with E-state index in [2.05, 4.69) is 5.43 Å². The molecule has 5 heteroatoms. The monoisotopic (exact) mass is 258 g/mol. The molecule has 0 radical (unpaired) electrons. The lowest BCUT2D eigenvalue weighted by Crippen LogP contribution is -2.38. The normalized spacial score (nSPS) is 14.5. The fourth-order valence-electron chi connectivity index (χ4n) is 1.97. The molecule has 0 spiro atoms. The van der Waals surface area contributed by atoms with E-state index < -0.39 is 11.6 Å². The summed E-state index contributed by atoms with van der Waals surface area (Å²) in [7, 11) is 0. The minimum absolute atomic E-state index is 0.158. The first-order valence-electron chi connectivity index (χ1n) is 6.16. The van der Waals surface area contributed by atoms with Crippen molar-refractivity contribution in [3.8, 4) is 0 Å². The fourth-order valence-corrected chi connectivity index (χ4v) is 1.97. The Morgan fingerprint density at radius 1 is 1.28 bits per heavy atom. The summed E-state index contributed by atoms with van der Waals surface area (Å²) in [5, 5.41) is 0. The van der Waals surface area contributed by atoms with Crippen molar-refractivity contribution in [2.45, 2.75) is 38.8 Å². The molecule has 3 nitrogen and oxygen atoms in total. The van der Waals surface area contributed by atoms with Crippen molar-refractivity contribution in [2.75, 3.05) is 6.61 Å². The molecule has 2 atom stereocenters. The molecule has 102 valence electrons. The first-order chi connectivity index (χ1) is 8.63. The third-order valence-electron chi connectivity index (χ3n) is 2.81. The molecule has 3 N–H and O–H groups in total. The van der Waals surface area contributed by atoms with E-state index in [9.17, 15) is 8.78 Å². The molecular weight excluding hydrogens is 238 g/mol. The van der Waals surface area contributed by atoms with Crippen LogP contribution in [0, 0.1) is 11.6 Å². The summed E-state index contributed by atoms with van der Waals surface area (Å²) in [6, 6.07) is 3.43. The lowest BCUT2D eigenvalue weighted by molar-refractivity contribution is 0.0275. The molecule has 0 aliphatic carbocycles. The Balaban J connectivity index is 2.94. The average molecular weight is 258 g/mol. The third-order valence-corrected chi connectivity index (χ3v) is 2.81. The second-order valence-corrected chi connectivity index (χ2v) is 4.10. The van der Waals surface area contributed by atoms with E-state index >= 15 is 0 Å². The Morgan fingerprint density at radius 2 is 2.00 bits per heavy atom. The van der Waals surface area contributed by atoms with Gasteiger partial charge in [0.25, 0.3) is 0 Å². The van der Waals surface area contributed by atoms with Gasteiger partial charge >= 0.3 is 0 Å². The second-order valence-electron chi connectivity index (χ2n) is 4.10. The standard InChI is InChI=1S/C13H20F2N2O/c1-3-5-12(18-4-2)13(17-16)9-6-7-10(14)11(15)8-9/h6-8,12-13,17H,3-5,16H2,1-2H3. The van der Waals surface area contributed by atoms with Crippen molar-refractivity contribution >= 4 is 0 Å². The highest BCUT2D eigenvalue weighted by Crippen LogP contribution is 2.23. The molecule has 0 bridgehead atoms. The maximum absolute atomic E-state index is 13.2. The highest BCUT2D eigenvalue weighted by molar-refractivity contribution is 5.22. The van der Waals surface area contributed by atoms with E-state index in [0.29, 0.717) is 12.2 Å². The molecule has 0 saturated heterocycles. The lowest BCUT2D eigenvalue weighted by atomic mass is 9.98. The van der Waals surface area contributed by atoms with Gasteiger partial charge in [0.1, 0.15) is 0 Å². The predicted molar refractivity (Wildman–Crippen MR) is 66.7 cm³/mol. The van der Waals surface area contributed by atoms with Crippen LogP contribution in [-0.4, -0.2) is 12.7 Å². The Bertz CT molecular complexity index is 368. The molecule has 1 rings (SSSR count). The first-order valence-corrected chi connectivity index (χ1v) is 6.16. The molecule has 0 saturated carbocycles. The van der Waals surface area contributed by atoms with E-state index in [1.165, 1.54) is 6.07 Å². The highest BCUT2D eigenvalue weighted by Gasteiger charge is 2.22. The molecule has 1 aromatic carbocycles. The molecule has 0 heterocycles. The van der Waals surface area contributed by atoms with Gasteiger partial charge in [0.2, 0.25) is 0 Å². The number of hydrazine groups is 1. The summed E-state index contributed by atoms with van der Waals surface area (Å²) < 4.78 is 31.7. The van der Waals surface area contributed by atoms with Crippen LogP contribution < -0.4 is 11.3 Å². The number of rotatable bonds is 7. The van der Waals surface area contributed by atoms with Crippen molar-refractivity contribution in [2.24, 2.45) is 5.84 Å². The van der Waals surface area contributed by atoms with Crippen LogP contribution in [0.25, 0.3) is 0 Å². The molecule has 18 heavy (non-hydrogen) atoms. The zero-order valence-electron chi connectivity index (χ0n) is 10.7. The Morgan fingerprint density at radius 3 is 2.50 bits per heavy atom. The first kappa shape index (κ1) is 15.0. The summed E-state index contributed by atoms with van der Waals surface area (Å²) in [6.45, 7) is 4.47. The molecule has 0 aromatic heterocycles. The lowest BCUT2D eigenvalue weighted by Gasteiger charge is -2.26. The van der Waals surface area contributed by atoms with E-state index in [0.717, 1.165) is 25.0 Å². The van der Waals surface area contributed by atoms with Crippen LogP contribution in [0.2, 0.25) is 0 Å². The second kappa shape index (κ2) is 7.41. The summed E-state index contributed by atoms with van der Waals surface area (Å²) in [4.78, 5) is 0. The minimum Gasteiger partial charge on any atom is -0.376 e. The van der Waals surface area contributed by atoms with E-state index in [4.69, 9.17) is 10.6 Å². The number of nitrogens with two attached hydrogens (primary N) is 1. The van der Waals surface area contributed by atoms with Crippen LogP contribution in [0.3, 0.4) is 0 Å². The van der Waals surface area contributed by atoms with Gasteiger partial charge in [-0.2, -0.15) is 0 Å². The molecule has 1 aromatic rings. The Labute approximate surface area is 106 Å². The Kier molecular flexibility index (Phi) is 6.18. The number of nitrogens with one attached hydrogen (secondary N) is 1. The molecule has 0 aliphatic rings. The van der Waals surface area contributed by atoms with Crippen molar-refractivity contribution in [1.82, 2.24) is 5.43 Å². The fraction of sp³-hybridized carbons (Fsp3) is 0.538. The summed E-state index contributed by atoms with van der Waals surface area (Å²) in [5.41, 5.74) is 3.21. The molecule has 0 aliphatic heterocycles. The molecule has 2 unspecified atom stereocenters. The SMILES string of the molecule is CCCC(OCC)C(NN)c1ccc(F)c(F)c1. The zero-order chi connectivity index (χ0) is 13.5. The van der Waals surface area contributed by atoms with Crippen LogP contribution in [0.4, 0.5) is 8.78 Å². The Hall–Kier alpha value is -1.04. The van der Waals surface area contributed by atoms with Crippen molar-refractivity contribution < 1.29 is 13.5 Å². The summed E-state index contributed by atoms with van der Waals surface area (Å²) in [5.74, 6) is 3.77. The van der Waals surface area contributed by atoms with E-state index in [1.807, 2.05) is 13.8 Å². The van der Waals surface area contributed by atoms with Crippen molar-refractivity contribution in [3.05, 3.63) is 35.4 Å². The largest absolute Gasteiger partial charge is 0.376 e. The zero-order valence-corrected chi connectivity index (χ0v) is 10.7. The van der Waals surface area contributed by atoms with Crippen LogP contribution in [-0.2, 0) is 4.74 Å². The molecular formula is C13H20F2N2O. The number of benzene rings is 1. The summed E-state index contributed by atoms with van der Waals surface area (Å²) >= 11 is 0. The molecule has 0 fully saturated rings. The smallest absolute Gasteiger partial charge is 0.159 e. The van der Waals surface area contributed by atoms with Gasteiger partial charge in [-0.05, 0) is 31.0 Å². The topological polar surface area (TPSA) is 47.3 Å². The third kappa shape index (κ3) is 3.73. The van der Waals surface area contributed by atoms with Gasteiger partial charge in [-0.25, -0.2) is 8.78 Å². The average Bonchev–Trinajstić information content (AvgIpc) is 2.35. The number of halogens is 2. The van der Waals surface area contributed by atoms with Gasteiger partial charge in [-0.15, -0.1) is 0 Å². The number of hydrogen-bond donors (Lipinski definition) is 2. The number of ether oxygens (including phenoxy) is 1. The van der Waals surface area contributed by atoms with Crippen LogP contribution in [0.5, 0.6) is 0 Å². The van der Waals surface area contributed by atoms with Gasteiger partial charge in [0, 0.05) is 6.61 Å². The summed E-state index contributed by atoms with van der Waals surface area (Å²) in [6.07, 6.45) is 1.56. The maximum atomic E-state index is 13.2. The van der Waals surface area contributed by atoms with Gasteiger partial charge in [0.15, 0.2) is 11.6 Å². The van der Waals surface area contributed by atoms with Crippen molar-refractivity contribution in [1.29, 1.82) is 0 Å². The van der Waals surface area contributed by atoms with Gasteiger partial charge in [-0.1, -0.05) is 19.4 Å².